The minimum atomic E-state index is -0.743. The smallest absolute Gasteiger partial charge is 0.248 e. The highest BCUT2D eigenvalue weighted by atomic mass is 19.1. The molecule has 1 amide bonds. The second kappa shape index (κ2) is 7.60. The molecule has 3 aromatic rings. The van der Waals surface area contributed by atoms with Crippen molar-refractivity contribution >= 4 is 17.7 Å². The first-order valence-electron chi connectivity index (χ1n) is 7.58. The molecule has 3 rings (SSSR count). The molecule has 0 radical (unpaired) electrons. The largest absolute Gasteiger partial charge is 0.496 e. The van der Waals surface area contributed by atoms with Crippen molar-refractivity contribution < 1.29 is 22.7 Å². The fourth-order valence-corrected chi connectivity index (χ4v) is 2.33. The van der Waals surface area contributed by atoms with Gasteiger partial charge in [-0.15, -0.1) is 0 Å². The first-order valence-corrected chi connectivity index (χ1v) is 7.58. The molecule has 132 valence electrons. The van der Waals surface area contributed by atoms with E-state index in [9.17, 15) is 13.6 Å². The summed E-state index contributed by atoms with van der Waals surface area (Å²) in [6.07, 6.45) is 4.98. The van der Waals surface area contributed by atoms with Crippen molar-refractivity contribution in [2.24, 2.45) is 0 Å². The molecule has 5 nitrogen and oxygen atoms in total. The summed E-state index contributed by atoms with van der Waals surface area (Å²) < 4.78 is 37.6. The molecule has 2 aromatic carbocycles. The number of carbonyl (C=O) groups excluding carboxylic acids is 1. The van der Waals surface area contributed by atoms with Crippen LogP contribution in [0.15, 0.2) is 59.5 Å². The predicted molar refractivity (Wildman–Crippen MR) is 92.5 cm³/mol. The lowest BCUT2D eigenvalue weighted by Gasteiger charge is -2.09. The number of hydrogen-bond acceptors (Lipinski definition) is 4. The number of ether oxygens (including phenoxy) is 1. The van der Waals surface area contributed by atoms with Gasteiger partial charge in [0, 0.05) is 23.4 Å². The average Bonchev–Trinajstić information content (AvgIpc) is 3.15. The Bertz CT molecular complexity index is 933. The zero-order valence-corrected chi connectivity index (χ0v) is 13.7. The molecule has 0 saturated heterocycles. The predicted octanol–water partition coefficient (Wildman–Crippen LogP) is 4.28. The topological polar surface area (TPSA) is 64.4 Å². The number of rotatable bonds is 5. The van der Waals surface area contributed by atoms with Gasteiger partial charge in [-0.3, -0.25) is 4.79 Å². The Kier molecular flexibility index (Phi) is 5.07. The van der Waals surface area contributed by atoms with E-state index in [2.05, 4.69) is 10.3 Å². The van der Waals surface area contributed by atoms with Gasteiger partial charge < -0.3 is 14.5 Å². The lowest BCUT2D eigenvalue weighted by Crippen LogP contribution is -2.08. The summed E-state index contributed by atoms with van der Waals surface area (Å²) in [7, 11) is 1.49. The monoisotopic (exact) mass is 356 g/mol. The van der Waals surface area contributed by atoms with Gasteiger partial charge in [0.25, 0.3) is 0 Å². The third-order valence-corrected chi connectivity index (χ3v) is 3.57. The summed E-state index contributed by atoms with van der Waals surface area (Å²) in [6.45, 7) is 0. The number of methoxy groups -OCH3 is 1. The summed E-state index contributed by atoms with van der Waals surface area (Å²) in [5.41, 5.74) is 0.849. The highest BCUT2D eigenvalue weighted by Gasteiger charge is 2.11. The van der Waals surface area contributed by atoms with Crippen LogP contribution in [0.25, 0.3) is 17.4 Å². The van der Waals surface area contributed by atoms with Gasteiger partial charge in [0.15, 0.2) is 12.2 Å². The summed E-state index contributed by atoms with van der Waals surface area (Å²) in [5, 5.41) is 2.60. The number of nitrogens with zero attached hydrogens (tertiary/aromatic N) is 1. The molecule has 0 spiro atoms. The lowest BCUT2D eigenvalue weighted by molar-refractivity contribution is -0.111. The van der Waals surface area contributed by atoms with Crippen molar-refractivity contribution in [2.45, 2.75) is 0 Å². The Morgan fingerprint density at radius 1 is 1.23 bits per heavy atom. The molecule has 0 unspecified atom stereocenters. The summed E-state index contributed by atoms with van der Waals surface area (Å²) in [4.78, 5) is 15.9. The van der Waals surface area contributed by atoms with Gasteiger partial charge in [0.05, 0.1) is 18.9 Å². The molecule has 1 N–H and O–H groups in total. The molecule has 1 aromatic heterocycles. The van der Waals surface area contributed by atoms with E-state index in [1.54, 1.807) is 24.4 Å². The van der Waals surface area contributed by atoms with E-state index in [1.165, 1.54) is 19.6 Å². The van der Waals surface area contributed by atoms with E-state index in [1.807, 2.05) is 0 Å². The fraction of sp³-hybridized carbons (Fsp3) is 0.0526. The number of benzene rings is 2. The second-order valence-electron chi connectivity index (χ2n) is 5.24. The van der Waals surface area contributed by atoms with Crippen molar-refractivity contribution in [3.05, 3.63) is 72.3 Å². The Balaban J connectivity index is 1.76. The van der Waals surface area contributed by atoms with Crippen LogP contribution in [-0.2, 0) is 4.79 Å². The number of halogens is 2. The zero-order valence-electron chi connectivity index (χ0n) is 13.7. The molecule has 26 heavy (non-hydrogen) atoms. The molecule has 7 heteroatoms. The number of aromatic nitrogens is 1. The number of anilines is 1. The van der Waals surface area contributed by atoms with Crippen LogP contribution in [0.5, 0.6) is 5.75 Å². The van der Waals surface area contributed by atoms with Crippen molar-refractivity contribution in [1.29, 1.82) is 0 Å². The van der Waals surface area contributed by atoms with Gasteiger partial charge in [-0.25, -0.2) is 13.8 Å². The molecular formula is C19H14F2N2O3. The van der Waals surface area contributed by atoms with Gasteiger partial charge in [0.2, 0.25) is 5.91 Å². The van der Waals surface area contributed by atoms with Gasteiger partial charge in [-0.2, -0.15) is 0 Å². The van der Waals surface area contributed by atoms with Crippen LogP contribution in [0.1, 0.15) is 5.56 Å². The van der Waals surface area contributed by atoms with Crippen LogP contribution in [0.2, 0.25) is 0 Å². The van der Waals surface area contributed by atoms with E-state index in [-0.39, 0.29) is 5.56 Å². The van der Waals surface area contributed by atoms with Crippen LogP contribution < -0.4 is 10.1 Å². The van der Waals surface area contributed by atoms with Crippen LogP contribution in [-0.4, -0.2) is 18.0 Å². The van der Waals surface area contributed by atoms with Gasteiger partial charge >= 0.3 is 0 Å². The molecule has 0 atom stereocenters. The Morgan fingerprint density at radius 2 is 2.00 bits per heavy atom. The number of nitrogens with one attached hydrogen (secondary N) is 1. The number of carbonyl (C=O) groups is 1. The van der Waals surface area contributed by atoms with Crippen LogP contribution >= 0.6 is 0 Å². The number of amides is 1. The summed E-state index contributed by atoms with van der Waals surface area (Å²) >= 11 is 0. The standard InChI is InChI=1S/C19H14F2N2O3/c1-25-17-9-12(5-6-14(17)18-10-22-11-26-18)23-19(24)8-7-13-15(20)3-2-4-16(13)21/h2-11H,1H3,(H,23,24)/b8-7+. The molecule has 0 aliphatic heterocycles. The first kappa shape index (κ1) is 17.3. The van der Waals surface area contributed by atoms with E-state index in [0.717, 1.165) is 24.3 Å². The SMILES string of the molecule is COc1cc(NC(=O)/C=C/c2c(F)cccc2F)ccc1-c1cnco1. The maximum atomic E-state index is 13.6. The maximum absolute atomic E-state index is 13.6. The average molecular weight is 356 g/mol. The highest BCUT2D eigenvalue weighted by molar-refractivity contribution is 6.02. The third kappa shape index (κ3) is 3.77. The van der Waals surface area contributed by atoms with Crippen molar-refractivity contribution in [3.63, 3.8) is 0 Å². The third-order valence-electron chi connectivity index (χ3n) is 3.57. The number of oxazole rings is 1. The normalized spacial score (nSPS) is 10.9. The molecule has 0 fully saturated rings. The van der Waals surface area contributed by atoms with Crippen molar-refractivity contribution in [3.8, 4) is 17.1 Å². The molecule has 0 aliphatic carbocycles. The van der Waals surface area contributed by atoms with E-state index in [4.69, 9.17) is 9.15 Å². The lowest BCUT2D eigenvalue weighted by atomic mass is 10.1. The Morgan fingerprint density at radius 3 is 2.65 bits per heavy atom. The summed E-state index contributed by atoms with van der Waals surface area (Å²) in [6, 6.07) is 8.45. The Hall–Kier alpha value is -3.48. The molecule has 0 saturated carbocycles. The molecular weight excluding hydrogens is 342 g/mol. The quantitative estimate of drug-likeness (QED) is 0.693. The van der Waals surface area contributed by atoms with E-state index >= 15 is 0 Å². The molecule has 0 bridgehead atoms. The van der Waals surface area contributed by atoms with Gasteiger partial charge in [-0.1, -0.05) is 6.07 Å². The van der Waals surface area contributed by atoms with E-state index in [0.29, 0.717) is 22.8 Å². The van der Waals surface area contributed by atoms with Crippen molar-refractivity contribution in [1.82, 2.24) is 4.98 Å². The number of hydrogen-bond donors (Lipinski definition) is 1. The van der Waals surface area contributed by atoms with E-state index < -0.39 is 17.5 Å². The second-order valence-corrected chi connectivity index (χ2v) is 5.24. The van der Waals surface area contributed by atoms with Gasteiger partial charge in [-0.05, 0) is 30.3 Å². The minimum absolute atomic E-state index is 0.277. The van der Waals surface area contributed by atoms with Gasteiger partial charge in [0.1, 0.15) is 17.4 Å². The first-order chi connectivity index (χ1) is 12.6. The van der Waals surface area contributed by atoms with Crippen molar-refractivity contribution in [2.75, 3.05) is 12.4 Å². The van der Waals surface area contributed by atoms with Crippen LogP contribution in [0, 0.1) is 11.6 Å². The maximum Gasteiger partial charge on any atom is 0.248 e. The van der Waals surface area contributed by atoms with Crippen LogP contribution in [0.3, 0.4) is 0 Å². The summed E-state index contributed by atoms with van der Waals surface area (Å²) in [5.74, 6) is -1.03. The fourth-order valence-electron chi connectivity index (χ4n) is 2.33. The molecule has 1 heterocycles. The minimum Gasteiger partial charge on any atom is -0.496 e. The highest BCUT2D eigenvalue weighted by Crippen LogP contribution is 2.32. The zero-order chi connectivity index (χ0) is 18.5. The van der Waals surface area contributed by atoms with Crippen LogP contribution in [0.4, 0.5) is 14.5 Å². The Labute approximate surface area is 147 Å². The molecule has 0 aliphatic rings.